The average Bonchev–Trinajstić information content (AvgIpc) is 2.28. The Labute approximate surface area is 125 Å². The van der Waals surface area contributed by atoms with Gasteiger partial charge in [-0.2, -0.15) is 0 Å². The van der Waals surface area contributed by atoms with Gasteiger partial charge < -0.3 is 15.5 Å². The first-order chi connectivity index (χ1) is 9.58. The second kappa shape index (κ2) is 6.61. The Morgan fingerprint density at radius 3 is 2.43 bits per heavy atom. The number of carboxylic acid groups (broad SMARTS) is 1. The van der Waals surface area contributed by atoms with E-state index in [0.717, 1.165) is 5.56 Å². The molecule has 0 saturated heterocycles. The highest BCUT2D eigenvalue weighted by Gasteiger charge is 2.24. The molecule has 0 aliphatic heterocycles. The minimum absolute atomic E-state index is 0.108. The number of hydrogen-bond donors (Lipinski definition) is 3. The van der Waals surface area contributed by atoms with E-state index in [9.17, 15) is 14.7 Å². The molecular formula is C16H23NO4. The average molecular weight is 293 g/mol. The Morgan fingerprint density at radius 2 is 1.90 bits per heavy atom. The molecule has 0 spiro atoms. The minimum Gasteiger partial charge on any atom is -0.507 e. The molecule has 0 fully saturated rings. The van der Waals surface area contributed by atoms with E-state index < -0.39 is 17.9 Å². The molecule has 0 bridgehead atoms. The smallest absolute Gasteiger partial charge is 0.305 e. The lowest BCUT2D eigenvalue weighted by atomic mass is 9.87. The first kappa shape index (κ1) is 17.0. The third kappa shape index (κ3) is 5.85. The van der Waals surface area contributed by atoms with Crippen LogP contribution in [0.3, 0.4) is 0 Å². The second-order valence-corrected chi connectivity index (χ2v) is 6.55. The number of carbonyl (C=O) groups excluding carboxylic acids is 1. The van der Waals surface area contributed by atoms with Crippen molar-refractivity contribution in [1.82, 2.24) is 5.32 Å². The monoisotopic (exact) mass is 293 g/mol. The van der Waals surface area contributed by atoms with Gasteiger partial charge in [0.25, 0.3) is 5.91 Å². The highest BCUT2D eigenvalue weighted by atomic mass is 16.4. The molecule has 3 N–H and O–H groups in total. The number of aliphatic carboxylic acids is 1. The van der Waals surface area contributed by atoms with Crippen LogP contribution in [0.4, 0.5) is 0 Å². The number of phenols is 1. The molecule has 0 saturated carbocycles. The summed E-state index contributed by atoms with van der Waals surface area (Å²) in [6.07, 6.45) is 0.396. The molecule has 116 valence electrons. The van der Waals surface area contributed by atoms with Crippen molar-refractivity contribution < 1.29 is 19.8 Å². The highest BCUT2D eigenvalue weighted by molar-refractivity contribution is 5.97. The summed E-state index contributed by atoms with van der Waals surface area (Å²) in [4.78, 5) is 23.2. The number of carboxylic acids is 1. The SMILES string of the molecule is Cc1ccc(O)c(C(=O)NC(CC(=O)O)CC(C)(C)C)c1. The number of carbonyl (C=O) groups is 2. The standard InChI is InChI=1S/C16H23NO4/c1-10-5-6-13(18)12(7-10)15(21)17-11(8-14(19)20)9-16(2,3)4/h5-7,11,18H,8-9H2,1-4H3,(H,17,21)(H,19,20). The Kier molecular flexibility index (Phi) is 5.35. The molecule has 5 nitrogen and oxygen atoms in total. The van der Waals surface area contributed by atoms with Gasteiger partial charge >= 0.3 is 5.97 Å². The van der Waals surface area contributed by atoms with Gasteiger partial charge in [-0.1, -0.05) is 32.4 Å². The second-order valence-electron chi connectivity index (χ2n) is 6.55. The van der Waals surface area contributed by atoms with E-state index in [2.05, 4.69) is 5.32 Å². The summed E-state index contributed by atoms with van der Waals surface area (Å²) < 4.78 is 0. The maximum absolute atomic E-state index is 12.2. The lowest BCUT2D eigenvalue weighted by Crippen LogP contribution is -2.39. The number of rotatable bonds is 5. The summed E-state index contributed by atoms with van der Waals surface area (Å²) >= 11 is 0. The number of amides is 1. The fourth-order valence-electron chi connectivity index (χ4n) is 2.22. The predicted molar refractivity (Wildman–Crippen MR) is 80.4 cm³/mol. The Balaban J connectivity index is 2.89. The summed E-state index contributed by atoms with van der Waals surface area (Å²) in [7, 11) is 0. The van der Waals surface area contributed by atoms with Crippen molar-refractivity contribution in [2.24, 2.45) is 5.41 Å². The number of aromatic hydroxyl groups is 1. The van der Waals surface area contributed by atoms with E-state index in [1.54, 1.807) is 12.1 Å². The maximum atomic E-state index is 12.2. The molecule has 1 aromatic rings. The van der Waals surface area contributed by atoms with Crippen LogP contribution in [0.1, 0.15) is 49.5 Å². The molecule has 0 aromatic heterocycles. The van der Waals surface area contributed by atoms with Gasteiger partial charge in [0.15, 0.2) is 0 Å². The van der Waals surface area contributed by atoms with Crippen LogP contribution in [0.15, 0.2) is 18.2 Å². The van der Waals surface area contributed by atoms with Gasteiger partial charge in [0, 0.05) is 6.04 Å². The van der Waals surface area contributed by atoms with Gasteiger partial charge in [0.05, 0.1) is 12.0 Å². The lowest BCUT2D eigenvalue weighted by Gasteiger charge is -2.26. The summed E-state index contributed by atoms with van der Waals surface area (Å²) in [5, 5.41) is 21.4. The zero-order valence-electron chi connectivity index (χ0n) is 12.9. The van der Waals surface area contributed by atoms with Crippen molar-refractivity contribution >= 4 is 11.9 Å². The predicted octanol–water partition coefficient (Wildman–Crippen LogP) is 2.71. The largest absolute Gasteiger partial charge is 0.507 e. The summed E-state index contributed by atoms with van der Waals surface area (Å²) in [6.45, 7) is 7.77. The fourth-order valence-corrected chi connectivity index (χ4v) is 2.22. The third-order valence-corrected chi connectivity index (χ3v) is 3.01. The van der Waals surface area contributed by atoms with Crippen molar-refractivity contribution in [2.45, 2.75) is 46.6 Å². The summed E-state index contributed by atoms with van der Waals surface area (Å²) in [6, 6.07) is 4.27. The normalized spacial score (nSPS) is 12.8. The number of benzene rings is 1. The van der Waals surface area contributed by atoms with Gasteiger partial charge in [-0.25, -0.2) is 0 Å². The molecule has 5 heteroatoms. The van der Waals surface area contributed by atoms with Gasteiger partial charge in [-0.3, -0.25) is 9.59 Å². The van der Waals surface area contributed by atoms with E-state index in [-0.39, 0.29) is 23.1 Å². The number of nitrogens with one attached hydrogen (secondary N) is 1. The van der Waals surface area contributed by atoms with Crippen LogP contribution >= 0.6 is 0 Å². The van der Waals surface area contributed by atoms with E-state index in [1.165, 1.54) is 6.07 Å². The zero-order valence-corrected chi connectivity index (χ0v) is 12.9. The van der Waals surface area contributed by atoms with Crippen LogP contribution in [-0.2, 0) is 4.79 Å². The van der Waals surface area contributed by atoms with E-state index >= 15 is 0 Å². The van der Waals surface area contributed by atoms with Gasteiger partial charge in [-0.15, -0.1) is 0 Å². The maximum Gasteiger partial charge on any atom is 0.305 e. The zero-order chi connectivity index (χ0) is 16.2. The first-order valence-corrected chi connectivity index (χ1v) is 6.91. The van der Waals surface area contributed by atoms with Crippen LogP contribution in [-0.4, -0.2) is 28.1 Å². The Morgan fingerprint density at radius 1 is 1.29 bits per heavy atom. The molecule has 1 atom stereocenters. The van der Waals surface area contributed by atoms with Crippen LogP contribution < -0.4 is 5.32 Å². The van der Waals surface area contributed by atoms with E-state index in [0.29, 0.717) is 6.42 Å². The van der Waals surface area contributed by atoms with E-state index in [1.807, 2.05) is 27.7 Å². The molecular weight excluding hydrogens is 270 g/mol. The Hall–Kier alpha value is -2.04. The van der Waals surface area contributed by atoms with Gasteiger partial charge in [0.1, 0.15) is 5.75 Å². The minimum atomic E-state index is -0.960. The molecule has 21 heavy (non-hydrogen) atoms. The molecule has 0 aliphatic rings. The van der Waals surface area contributed by atoms with Crippen molar-refractivity contribution in [3.63, 3.8) is 0 Å². The molecule has 0 aliphatic carbocycles. The molecule has 1 unspecified atom stereocenters. The Bertz CT molecular complexity index is 532. The molecule has 0 heterocycles. The molecule has 0 radical (unpaired) electrons. The van der Waals surface area contributed by atoms with Crippen LogP contribution in [0.2, 0.25) is 0 Å². The van der Waals surface area contributed by atoms with Crippen LogP contribution in [0.25, 0.3) is 0 Å². The lowest BCUT2D eigenvalue weighted by molar-refractivity contribution is -0.137. The van der Waals surface area contributed by atoms with Gasteiger partial charge in [-0.05, 0) is 30.9 Å². The van der Waals surface area contributed by atoms with Crippen molar-refractivity contribution in [3.8, 4) is 5.75 Å². The number of phenolic OH excluding ortho intramolecular Hbond substituents is 1. The molecule has 1 rings (SSSR count). The van der Waals surface area contributed by atoms with Gasteiger partial charge in [0.2, 0.25) is 0 Å². The topological polar surface area (TPSA) is 86.6 Å². The quantitative estimate of drug-likeness (QED) is 0.779. The third-order valence-electron chi connectivity index (χ3n) is 3.01. The summed E-state index contributed by atoms with van der Waals surface area (Å²) in [5.41, 5.74) is 0.907. The summed E-state index contributed by atoms with van der Waals surface area (Å²) in [5.74, 6) is -1.52. The number of hydrogen-bond acceptors (Lipinski definition) is 3. The van der Waals surface area contributed by atoms with Crippen molar-refractivity contribution in [3.05, 3.63) is 29.3 Å². The fraction of sp³-hybridized carbons (Fsp3) is 0.500. The van der Waals surface area contributed by atoms with Crippen LogP contribution in [0, 0.1) is 12.3 Å². The highest BCUT2D eigenvalue weighted by Crippen LogP contribution is 2.23. The first-order valence-electron chi connectivity index (χ1n) is 6.91. The van der Waals surface area contributed by atoms with Crippen molar-refractivity contribution in [1.29, 1.82) is 0 Å². The van der Waals surface area contributed by atoms with Crippen molar-refractivity contribution in [2.75, 3.05) is 0 Å². The molecule has 1 amide bonds. The number of aryl methyl sites for hydroxylation is 1. The van der Waals surface area contributed by atoms with E-state index in [4.69, 9.17) is 5.11 Å². The van der Waals surface area contributed by atoms with Crippen LogP contribution in [0.5, 0.6) is 5.75 Å². The molecule has 1 aromatic carbocycles.